The van der Waals surface area contributed by atoms with Gasteiger partial charge in [0, 0.05) is 5.56 Å². The Kier molecular flexibility index (Phi) is 3.74. The fourth-order valence-corrected chi connectivity index (χ4v) is 1.54. The molecule has 0 aliphatic heterocycles. The van der Waals surface area contributed by atoms with E-state index >= 15 is 0 Å². The summed E-state index contributed by atoms with van der Waals surface area (Å²) >= 11 is 0. The van der Waals surface area contributed by atoms with Crippen molar-refractivity contribution >= 4 is 0 Å². The fourth-order valence-electron chi connectivity index (χ4n) is 1.54. The number of hydrogen-bond acceptors (Lipinski definition) is 3. The maximum atomic E-state index is 9.68. The third kappa shape index (κ3) is 2.13. The van der Waals surface area contributed by atoms with E-state index in [1.54, 1.807) is 20.3 Å². The lowest BCUT2D eigenvalue weighted by atomic mass is 10.0. The lowest BCUT2D eigenvalue weighted by Crippen LogP contribution is -2.00. The van der Waals surface area contributed by atoms with Crippen LogP contribution in [0.5, 0.6) is 11.5 Å². The van der Waals surface area contributed by atoms with Gasteiger partial charge in [0.25, 0.3) is 0 Å². The van der Waals surface area contributed by atoms with E-state index in [1.807, 2.05) is 13.0 Å². The molecule has 0 heterocycles. The highest BCUT2D eigenvalue weighted by Gasteiger charge is 2.14. The van der Waals surface area contributed by atoms with Gasteiger partial charge in [-0.15, -0.1) is 6.58 Å². The smallest absolute Gasteiger partial charge is 0.163 e. The Morgan fingerprint density at radius 3 is 2.47 bits per heavy atom. The van der Waals surface area contributed by atoms with Crippen molar-refractivity contribution < 1.29 is 14.6 Å². The minimum atomic E-state index is -0.676. The lowest BCUT2D eigenvalue weighted by molar-refractivity contribution is 0.227. The highest BCUT2D eigenvalue weighted by Crippen LogP contribution is 2.35. The number of benzene rings is 1. The van der Waals surface area contributed by atoms with Crippen LogP contribution in [0.4, 0.5) is 0 Å². The van der Waals surface area contributed by atoms with Gasteiger partial charge in [0.15, 0.2) is 11.5 Å². The summed E-state index contributed by atoms with van der Waals surface area (Å²) < 4.78 is 10.4. The Hall–Kier alpha value is -1.48. The van der Waals surface area contributed by atoms with E-state index in [2.05, 4.69) is 6.58 Å². The number of aliphatic hydroxyl groups excluding tert-OH is 1. The average Bonchev–Trinajstić information content (AvgIpc) is 2.27. The van der Waals surface area contributed by atoms with Crippen LogP contribution < -0.4 is 9.47 Å². The highest BCUT2D eigenvalue weighted by atomic mass is 16.5. The van der Waals surface area contributed by atoms with E-state index in [4.69, 9.17) is 9.47 Å². The summed E-state index contributed by atoms with van der Waals surface area (Å²) in [4.78, 5) is 0. The molecular weight excluding hydrogens is 192 g/mol. The maximum absolute atomic E-state index is 9.68. The van der Waals surface area contributed by atoms with Gasteiger partial charge in [-0.2, -0.15) is 0 Å². The summed E-state index contributed by atoms with van der Waals surface area (Å²) in [6, 6.07) is 3.58. The van der Waals surface area contributed by atoms with E-state index in [-0.39, 0.29) is 0 Å². The molecule has 0 saturated carbocycles. The molecule has 0 spiro atoms. The summed E-state index contributed by atoms with van der Waals surface area (Å²) in [5, 5.41) is 9.68. The first-order valence-electron chi connectivity index (χ1n) is 4.67. The first kappa shape index (κ1) is 11.6. The van der Waals surface area contributed by atoms with E-state index in [0.29, 0.717) is 11.5 Å². The van der Waals surface area contributed by atoms with Crippen molar-refractivity contribution in [3.05, 3.63) is 35.9 Å². The van der Waals surface area contributed by atoms with Crippen LogP contribution in [0, 0.1) is 6.92 Å². The molecule has 0 aromatic heterocycles. The standard InChI is InChI=1S/C12H16O3/c1-5-10(13)9-6-7-11(14-3)12(15-4)8(9)2/h5-7,10,13H,1H2,2-4H3. The van der Waals surface area contributed by atoms with Gasteiger partial charge in [0.05, 0.1) is 20.3 Å². The summed E-state index contributed by atoms with van der Waals surface area (Å²) in [6.45, 7) is 5.43. The number of hydrogen-bond donors (Lipinski definition) is 1. The van der Waals surface area contributed by atoms with Gasteiger partial charge in [0.1, 0.15) is 0 Å². The van der Waals surface area contributed by atoms with Crippen molar-refractivity contribution in [3.8, 4) is 11.5 Å². The van der Waals surface area contributed by atoms with Gasteiger partial charge < -0.3 is 14.6 Å². The molecule has 1 unspecified atom stereocenters. The van der Waals surface area contributed by atoms with Gasteiger partial charge in [-0.05, 0) is 18.6 Å². The van der Waals surface area contributed by atoms with Crippen LogP contribution in [0.15, 0.2) is 24.8 Å². The van der Waals surface area contributed by atoms with Gasteiger partial charge >= 0.3 is 0 Å². The molecule has 0 amide bonds. The molecule has 0 aliphatic carbocycles. The number of aliphatic hydroxyl groups is 1. The second-order valence-electron chi connectivity index (χ2n) is 3.20. The van der Waals surface area contributed by atoms with Crippen molar-refractivity contribution in [2.24, 2.45) is 0 Å². The van der Waals surface area contributed by atoms with Crippen molar-refractivity contribution in [1.29, 1.82) is 0 Å². The lowest BCUT2D eigenvalue weighted by Gasteiger charge is -2.15. The maximum Gasteiger partial charge on any atom is 0.163 e. The molecule has 1 N–H and O–H groups in total. The third-order valence-electron chi connectivity index (χ3n) is 2.38. The second kappa shape index (κ2) is 4.84. The summed E-state index contributed by atoms with van der Waals surface area (Å²) in [5.41, 5.74) is 1.65. The molecule has 3 nitrogen and oxygen atoms in total. The monoisotopic (exact) mass is 208 g/mol. The Morgan fingerprint density at radius 1 is 1.33 bits per heavy atom. The van der Waals surface area contributed by atoms with E-state index in [9.17, 15) is 5.11 Å². The van der Waals surface area contributed by atoms with Crippen LogP contribution in [-0.2, 0) is 0 Å². The quantitative estimate of drug-likeness (QED) is 0.771. The van der Waals surface area contributed by atoms with Crippen molar-refractivity contribution in [3.63, 3.8) is 0 Å². The van der Waals surface area contributed by atoms with E-state index in [0.717, 1.165) is 11.1 Å². The molecule has 0 fully saturated rings. The van der Waals surface area contributed by atoms with Crippen LogP contribution in [-0.4, -0.2) is 19.3 Å². The summed E-state index contributed by atoms with van der Waals surface area (Å²) in [7, 11) is 3.16. The van der Waals surface area contributed by atoms with Crippen LogP contribution in [0.25, 0.3) is 0 Å². The Morgan fingerprint density at radius 2 is 2.00 bits per heavy atom. The molecule has 1 aromatic carbocycles. The molecule has 0 aliphatic rings. The normalized spacial score (nSPS) is 12.0. The van der Waals surface area contributed by atoms with Crippen molar-refractivity contribution in [2.75, 3.05) is 14.2 Å². The number of ether oxygens (including phenoxy) is 2. The molecule has 3 heteroatoms. The van der Waals surface area contributed by atoms with Crippen LogP contribution in [0.1, 0.15) is 17.2 Å². The molecule has 1 aromatic rings. The minimum Gasteiger partial charge on any atom is -0.493 e. The second-order valence-corrected chi connectivity index (χ2v) is 3.20. The predicted octanol–water partition coefficient (Wildman–Crippen LogP) is 2.23. The largest absolute Gasteiger partial charge is 0.493 e. The fraction of sp³-hybridized carbons (Fsp3) is 0.333. The molecule has 0 saturated heterocycles. The Bertz CT molecular complexity index is 358. The van der Waals surface area contributed by atoms with Crippen LogP contribution in [0.3, 0.4) is 0 Å². The van der Waals surface area contributed by atoms with Crippen molar-refractivity contribution in [2.45, 2.75) is 13.0 Å². The first-order valence-corrected chi connectivity index (χ1v) is 4.67. The van der Waals surface area contributed by atoms with Gasteiger partial charge in [-0.25, -0.2) is 0 Å². The number of rotatable bonds is 4. The minimum absolute atomic E-state index is 0.649. The zero-order valence-corrected chi connectivity index (χ0v) is 9.28. The molecule has 15 heavy (non-hydrogen) atoms. The summed E-state index contributed by atoms with van der Waals surface area (Å²) in [6.07, 6.45) is 0.804. The summed E-state index contributed by atoms with van der Waals surface area (Å²) in [5.74, 6) is 1.31. The molecule has 0 bridgehead atoms. The molecule has 1 atom stereocenters. The molecular formula is C12H16O3. The highest BCUT2D eigenvalue weighted by molar-refractivity contribution is 5.51. The SMILES string of the molecule is C=CC(O)c1ccc(OC)c(OC)c1C. The Labute approximate surface area is 90.0 Å². The zero-order chi connectivity index (χ0) is 11.4. The van der Waals surface area contributed by atoms with Crippen LogP contribution >= 0.6 is 0 Å². The topological polar surface area (TPSA) is 38.7 Å². The van der Waals surface area contributed by atoms with E-state index < -0.39 is 6.10 Å². The van der Waals surface area contributed by atoms with Gasteiger partial charge in [-0.1, -0.05) is 12.1 Å². The average molecular weight is 208 g/mol. The Balaban J connectivity index is 3.28. The van der Waals surface area contributed by atoms with E-state index in [1.165, 1.54) is 6.08 Å². The first-order chi connectivity index (χ1) is 7.15. The zero-order valence-electron chi connectivity index (χ0n) is 9.28. The molecule has 1 rings (SSSR count). The predicted molar refractivity (Wildman–Crippen MR) is 59.4 cm³/mol. The molecule has 0 radical (unpaired) electrons. The van der Waals surface area contributed by atoms with Gasteiger partial charge in [-0.3, -0.25) is 0 Å². The van der Waals surface area contributed by atoms with Crippen LogP contribution in [0.2, 0.25) is 0 Å². The number of methoxy groups -OCH3 is 2. The molecule has 82 valence electrons. The third-order valence-corrected chi connectivity index (χ3v) is 2.38. The van der Waals surface area contributed by atoms with Crippen molar-refractivity contribution in [1.82, 2.24) is 0 Å². The van der Waals surface area contributed by atoms with Gasteiger partial charge in [0.2, 0.25) is 0 Å².